The SMILES string of the molecule is CCOC(=O)C(N)C(=O)Nc1ccc(C2OCCO2)cc1. The quantitative estimate of drug-likeness (QED) is 0.608. The van der Waals surface area contributed by atoms with Crippen LogP contribution in [-0.2, 0) is 23.8 Å². The third-order valence-electron chi connectivity index (χ3n) is 2.90. The fourth-order valence-electron chi connectivity index (χ4n) is 1.83. The van der Waals surface area contributed by atoms with Crippen LogP contribution in [0, 0.1) is 0 Å². The van der Waals surface area contributed by atoms with Crippen LogP contribution < -0.4 is 11.1 Å². The minimum absolute atomic E-state index is 0.176. The second-order valence-electron chi connectivity index (χ2n) is 4.41. The summed E-state index contributed by atoms with van der Waals surface area (Å²) in [4.78, 5) is 23.1. The fourth-order valence-corrected chi connectivity index (χ4v) is 1.83. The van der Waals surface area contributed by atoms with Gasteiger partial charge in [0.15, 0.2) is 12.3 Å². The Labute approximate surface area is 122 Å². The minimum atomic E-state index is -1.34. The molecule has 1 unspecified atom stereocenters. The Morgan fingerprint density at radius 3 is 2.52 bits per heavy atom. The van der Waals surface area contributed by atoms with Gasteiger partial charge in [-0.2, -0.15) is 0 Å². The van der Waals surface area contributed by atoms with E-state index in [0.717, 1.165) is 5.56 Å². The molecule has 0 aromatic heterocycles. The van der Waals surface area contributed by atoms with Gasteiger partial charge in [0.1, 0.15) is 0 Å². The van der Waals surface area contributed by atoms with Crippen molar-refractivity contribution in [1.82, 2.24) is 0 Å². The molecule has 3 N–H and O–H groups in total. The number of nitrogens with one attached hydrogen (secondary N) is 1. The average molecular weight is 294 g/mol. The first-order valence-electron chi connectivity index (χ1n) is 6.68. The smallest absolute Gasteiger partial charge is 0.332 e. The van der Waals surface area contributed by atoms with Gasteiger partial charge in [0.2, 0.25) is 0 Å². The lowest BCUT2D eigenvalue weighted by Gasteiger charge is -2.13. The maximum absolute atomic E-state index is 11.8. The normalized spacial score (nSPS) is 16.5. The Morgan fingerprint density at radius 1 is 1.33 bits per heavy atom. The van der Waals surface area contributed by atoms with Crippen molar-refractivity contribution in [3.63, 3.8) is 0 Å². The van der Waals surface area contributed by atoms with Crippen molar-refractivity contribution in [3.05, 3.63) is 29.8 Å². The van der Waals surface area contributed by atoms with Crippen LogP contribution in [0.15, 0.2) is 24.3 Å². The summed E-state index contributed by atoms with van der Waals surface area (Å²) in [5, 5.41) is 2.55. The fraction of sp³-hybridized carbons (Fsp3) is 0.429. The number of hydrogen-bond acceptors (Lipinski definition) is 6. The number of carbonyl (C=O) groups excluding carboxylic acids is 2. The maximum atomic E-state index is 11.8. The third-order valence-corrected chi connectivity index (χ3v) is 2.90. The Kier molecular flexibility index (Phi) is 5.26. The highest BCUT2D eigenvalue weighted by molar-refractivity contribution is 6.08. The van der Waals surface area contributed by atoms with Gasteiger partial charge in [-0.1, -0.05) is 12.1 Å². The van der Waals surface area contributed by atoms with Gasteiger partial charge in [-0.05, 0) is 19.1 Å². The van der Waals surface area contributed by atoms with E-state index in [-0.39, 0.29) is 12.9 Å². The molecule has 0 saturated carbocycles. The molecule has 0 bridgehead atoms. The average Bonchev–Trinajstić information content (AvgIpc) is 3.01. The van der Waals surface area contributed by atoms with Crippen molar-refractivity contribution < 1.29 is 23.8 Å². The molecule has 1 aliphatic rings. The first-order chi connectivity index (χ1) is 10.1. The largest absolute Gasteiger partial charge is 0.464 e. The van der Waals surface area contributed by atoms with E-state index >= 15 is 0 Å². The molecule has 7 nitrogen and oxygen atoms in total. The number of nitrogens with two attached hydrogens (primary N) is 1. The molecule has 1 aromatic carbocycles. The number of hydrogen-bond donors (Lipinski definition) is 2. The summed E-state index contributed by atoms with van der Waals surface area (Å²) in [5.41, 5.74) is 6.89. The summed E-state index contributed by atoms with van der Waals surface area (Å²) in [7, 11) is 0. The van der Waals surface area contributed by atoms with Crippen molar-refractivity contribution in [2.24, 2.45) is 5.73 Å². The Bertz CT molecular complexity index is 497. The molecule has 1 aromatic rings. The number of anilines is 1. The molecule has 0 aliphatic carbocycles. The maximum Gasteiger partial charge on any atom is 0.332 e. The van der Waals surface area contributed by atoms with Crippen molar-refractivity contribution in [2.45, 2.75) is 19.3 Å². The molecule has 2 rings (SSSR count). The van der Waals surface area contributed by atoms with Gasteiger partial charge in [-0.15, -0.1) is 0 Å². The van der Waals surface area contributed by atoms with Crippen molar-refractivity contribution in [2.75, 3.05) is 25.1 Å². The Hall–Kier alpha value is -1.96. The standard InChI is InChI=1S/C14H18N2O5/c1-2-19-13(18)11(15)12(17)16-10-5-3-9(4-6-10)14-20-7-8-21-14/h3-6,11,14H,2,7-8,15H2,1H3,(H,16,17). The number of amides is 1. The molecule has 1 saturated heterocycles. The highest BCUT2D eigenvalue weighted by Crippen LogP contribution is 2.24. The first-order valence-corrected chi connectivity index (χ1v) is 6.68. The van der Waals surface area contributed by atoms with E-state index in [0.29, 0.717) is 18.9 Å². The highest BCUT2D eigenvalue weighted by atomic mass is 16.7. The van der Waals surface area contributed by atoms with Crippen LogP contribution in [0.2, 0.25) is 0 Å². The summed E-state index contributed by atoms with van der Waals surface area (Å²) in [6, 6.07) is 5.60. The van der Waals surface area contributed by atoms with Crippen LogP contribution in [0.25, 0.3) is 0 Å². The van der Waals surface area contributed by atoms with Crippen LogP contribution in [0.4, 0.5) is 5.69 Å². The summed E-state index contributed by atoms with van der Waals surface area (Å²) in [6.45, 7) is 2.96. The molecular weight excluding hydrogens is 276 g/mol. The van der Waals surface area contributed by atoms with Crippen LogP contribution in [0.1, 0.15) is 18.8 Å². The van der Waals surface area contributed by atoms with E-state index in [4.69, 9.17) is 19.9 Å². The highest BCUT2D eigenvalue weighted by Gasteiger charge is 2.23. The molecular formula is C14H18N2O5. The molecule has 1 heterocycles. The van der Waals surface area contributed by atoms with E-state index in [9.17, 15) is 9.59 Å². The zero-order chi connectivity index (χ0) is 15.2. The van der Waals surface area contributed by atoms with Crippen LogP contribution >= 0.6 is 0 Å². The lowest BCUT2D eigenvalue weighted by atomic mass is 10.2. The number of rotatable bonds is 5. The zero-order valence-corrected chi connectivity index (χ0v) is 11.7. The lowest BCUT2D eigenvalue weighted by molar-refractivity contribution is -0.146. The topological polar surface area (TPSA) is 99.9 Å². The molecule has 21 heavy (non-hydrogen) atoms. The van der Waals surface area contributed by atoms with Crippen molar-refractivity contribution in [1.29, 1.82) is 0 Å². The van der Waals surface area contributed by atoms with Gasteiger partial charge < -0.3 is 25.3 Å². The van der Waals surface area contributed by atoms with Gasteiger partial charge in [0.25, 0.3) is 5.91 Å². The second kappa shape index (κ2) is 7.16. The molecule has 1 atom stereocenters. The van der Waals surface area contributed by atoms with E-state index < -0.39 is 17.9 Å². The summed E-state index contributed by atoms with van der Waals surface area (Å²) in [5.74, 6) is -1.37. The van der Waals surface area contributed by atoms with Gasteiger partial charge in [0, 0.05) is 11.3 Å². The number of ether oxygens (including phenoxy) is 3. The number of esters is 1. The van der Waals surface area contributed by atoms with Gasteiger partial charge in [-0.25, -0.2) is 4.79 Å². The molecule has 1 fully saturated rings. The predicted octanol–water partition coefficient (Wildman–Crippen LogP) is 0.561. The first kappa shape index (κ1) is 15.4. The van der Waals surface area contributed by atoms with Gasteiger partial charge in [0.05, 0.1) is 19.8 Å². The van der Waals surface area contributed by atoms with Gasteiger partial charge >= 0.3 is 5.97 Å². The predicted molar refractivity (Wildman–Crippen MR) is 74.3 cm³/mol. The third kappa shape index (κ3) is 4.01. The Morgan fingerprint density at radius 2 is 1.95 bits per heavy atom. The molecule has 1 amide bonds. The lowest BCUT2D eigenvalue weighted by Crippen LogP contribution is -2.43. The number of benzene rings is 1. The number of carbonyl (C=O) groups is 2. The van der Waals surface area contributed by atoms with Crippen LogP contribution in [-0.4, -0.2) is 37.7 Å². The Balaban J connectivity index is 1.93. The molecule has 114 valence electrons. The molecule has 1 aliphatic heterocycles. The van der Waals surface area contributed by atoms with Crippen LogP contribution in [0.3, 0.4) is 0 Å². The summed E-state index contributed by atoms with van der Waals surface area (Å²) < 4.78 is 15.4. The van der Waals surface area contributed by atoms with Crippen LogP contribution in [0.5, 0.6) is 0 Å². The van der Waals surface area contributed by atoms with E-state index in [1.807, 2.05) is 0 Å². The van der Waals surface area contributed by atoms with Crippen molar-refractivity contribution >= 4 is 17.6 Å². The van der Waals surface area contributed by atoms with E-state index in [2.05, 4.69) is 5.32 Å². The van der Waals surface area contributed by atoms with Gasteiger partial charge in [-0.3, -0.25) is 4.79 Å². The second-order valence-corrected chi connectivity index (χ2v) is 4.41. The zero-order valence-electron chi connectivity index (χ0n) is 11.7. The molecule has 0 spiro atoms. The van der Waals surface area contributed by atoms with E-state index in [1.54, 1.807) is 31.2 Å². The van der Waals surface area contributed by atoms with Crippen molar-refractivity contribution in [3.8, 4) is 0 Å². The summed E-state index contributed by atoms with van der Waals surface area (Å²) in [6.07, 6.45) is -0.364. The monoisotopic (exact) mass is 294 g/mol. The summed E-state index contributed by atoms with van der Waals surface area (Å²) >= 11 is 0. The van der Waals surface area contributed by atoms with E-state index in [1.165, 1.54) is 0 Å². The molecule has 0 radical (unpaired) electrons. The molecule has 7 heteroatoms. The minimum Gasteiger partial charge on any atom is -0.464 e.